The molecule has 0 unspecified atom stereocenters. The normalized spacial score (nSPS) is 12.5. The second-order valence-corrected chi connectivity index (χ2v) is 4.72. The molecule has 7 heteroatoms. The fourth-order valence-electron chi connectivity index (χ4n) is 2.02. The van der Waals surface area contributed by atoms with Crippen LogP contribution in [0, 0.1) is 6.92 Å². The Morgan fingerprint density at radius 1 is 1.00 bits per heavy atom. The summed E-state index contributed by atoms with van der Waals surface area (Å²) in [6.45, 7) is 9.74. The summed E-state index contributed by atoms with van der Waals surface area (Å²) >= 11 is 0. The van der Waals surface area contributed by atoms with Crippen LogP contribution in [0.4, 0.5) is 5.69 Å². The molecular weight excluding hydrogens is 320 g/mol. The molecule has 2 aromatic rings. The largest absolute Gasteiger partial charge is 0.398 e. The monoisotopic (exact) mass is 348 g/mol. The van der Waals surface area contributed by atoms with Gasteiger partial charge in [0.05, 0.1) is 10.9 Å². The number of aromatic nitrogens is 2. The van der Waals surface area contributed by atoms with E-state index in [1.807, 2.05) is 27.7 Å². The lowest BCUT2D eigenvalue weighted by Crippen LogP contribution is -2.33. The highest BCUT2D eigenvalue weighted by Gasteiger charge is 2.13. The van der Waals surface area contributed by atoms with Crippen LogP contribution in [0.5, 0.6) is 0 Å². The van der Waals surface area contributed by atoms with E-state index < -0.39 is 0 Å². The zero-order chi connectivity index (χ0) is 19.4. The first-order valence-electron chi connectivity index (χ1n) is 8.55. The lowest BCUT2D eigenvalue weighted by Gasteiger charge is -2.07. The van der Waals surface area contributed by atoms with Crippen LogP contribution in [-0.2, 0) is 9.59 Å². The van der Waals surface area contributed by atoms with Gasteiger partial charge in [-0.05, 0) is 25.5 Å². The lowest BCUT2D eigenvalue weighted by molar-refractivity contribution is -0.132. The topological polar surface area (TPSA) is 118 Å². The Hall–Kier alpha value is -2.70. The Morgan fingerprint density at radius 2 is 1.56 bits per heavy atom. The number of carbonyl (C=O) groups excluding carboxylic acids is 2. The van der Waals surface area contributed by atoms with Crippen molar-refractivity contribution in [3.8, 4) is 0 Å². The zero-order valence-corrected chi connectivity index (χ0v) is 15.6. The van der Waals surface area contributed by atoms with E-state index in [0.29, 0.717) is 41.7 Å². The smallest absolute Gasteiger partial charge is 0.260 e. The summed E-state index contributed by atoms with van der Waals surface area (Å²) in [6, 6.07) is 5.24. The molecule has 2 heterocycles. The van der Waals surface area contributed by atoms with E-state index in [1.54, 1.807) is 25.1 Å². The Balaban J connectivity index is 0.000000414. The summed E-state index contributed by atoms with van der Waals surface area (Å²) < 4.78 is 0. The van der Waals surface area contributed by atoms with Crippen LogP contribution in [0.1, 0.15) is 52.8 Å². The number of aromatic amines is 1. The number of hydrogen-bond donors (Lipinski definition) is 3. The van der Waals surface area contributed by atoms with Crippen LogP contribution in [0.25, 0.3) is 10.9 Å². The highest BCUT2D eigenvalue weighted by molar-refractivity contribution is 5.97. The van der Waals surface area contributed by atoms with Crippen molar-refractivity contribution in [3.63, 3.8) is 0 Å². The average molecular weight is 348 g/mol. The molecule has 0 bridgehead atoms. The summed E-state index contributed by atoms with van der Waals surface area (Å²) in [7, 11) is 0. The van der Waals surface area contributed by atoms with E-state index in [9.17, 15) is 14.4 Å². The molecule has 1 aliphatic rings. The van der Waals surface area contributed by atoms with E-state index in [0.717, 1.165) is 0 Å². The van der Waals surface area contributed by atoms with Crippen LogP contribution >= 0.6 is 0 Å². The van der Waals surface area contributed by atoms with Gasteiger partial charge >= 0.3 is 0 Å². The minimum Gasteiger partial charge on any atom is -0.398 e. The third-order valence-electron chi connectivity index (χ3n) is 2.97. The number of amides is 2. The van der Waals surface area contributed by atoms with Crippen LogP contribution < -0.4 is 16.6 Å². The minimum absolute atomic E-state index is 0.138. The number of nitrogens with one attached hydrogen (secondary N) is 2. The van der Waals surface area contributed by atoms with Gasteiger partial charge in [0.2, 0.25) is 11.8 Å². The molecule has 1 aromatic carbocycles. The Morgan fingerprint density at radius 3 is 2.04 bits per heavy atom. The summed E-state index contributed by atoms with van der Waals surface area (Å²) in [6.07, 6.45) is 1.72. The van der Waals surface area contributed by atoms with Crippen molar-refractivity contribution < 1.29 is 9.59 Å². The van der Waals surface area contributed by atoms with Crippen molar-refractivity contribution in [1.82, 2.24) is 15.3 Å². The molecule has 1 fully saturated rings. The first kappa shape index (κ1) is 22.3. The van der Waals surface area contributed by atoms with Crippen molar-refractivity contribution in [2.75, 3.05) is 5.73 Å². The first-order chi connectivity index (χ1) is 12.0. The SMILES string of the molecule is CC.CC.Cc1nc2cccc(N)c2c(=O)[nH]1.O=C1CCCC(=O)N1. The van der Waals surface area contributed by atoms with Gasteiger partial charge in [-0.1, -0.05) is 33.8 Å². The standard InChI is InChI=1S/C9H9N3O.C5H7NO2.2C2H6/c1-5-11-7-4-2-3-6(10)8(7)9(13)12-5;7-4-2-1-3-5(8)6-4;2*1-2/h2-4H,10H2,1H3,(H,11,12,13);1-3H2,(H,6,7,8);2*1-2H3. The van der Waals surface area contributed by atoms with E-state index in [1.165, 1.54) is 0 Å². The second-order valence-electron chi connectivity index (χ2n) is 4.72. The van der Waals surface area contributed by atoms with Gasteiger partial charge in [-0.3, -0.25) is 19.7 Å². The maximum Gasteiger partial charge on any atom is 0.260 e. The summed E-state index contributed by atoms with van der Waals surface area (Å²) in [5.74, 6) is 0.325. The molecule has 138 valence electrons. The van der Waals surface area contributed by atoms with E-state index >= 15 is 0 Å². The van der Waals surface area contributed by atoms with Crippen molar-refractivity contribution in [2.24, 2.45) is 0 Å². The summed E-state index contributed by atoms with van der Waals surface area (Å²) in [5.41, 5.74) is 6.57. The van der Waals surface area contributed by atoms with Gasteiger partial charge in [0, 0.05) is 18.5 Å². The van der Waals surface area contributed by atoms with Gasteiger partial charge in [-0.15, -0.1) is 0 Å². The third-order valence-corrected chi connectivity index (χ3v) is 2.97. The number of anilines is 1. The number of nitrogens with zero attached hydrogens (tertiary/aromatic N) is 1. The van der Waals surface area contributed by atoms with Crippen molar-refractivity contribution in [2.45, 2.75) is 53.9 Å². The Bertz CT molecular complexity index is 740. The van der Waals surface area contributed by atoms with Crippen molar-refractivity contribution >= 4 is 28.4 Å². The summed E-state index contributed by atoms with van der Waals surface area (Å²) in [5, 5.41) is 2.67. The highest BCUT2D eigenvalue weighted by Crippen LogP contribution is 2.13. The quantitative estimate of drug-likeness (QED) is 0.500. The van der Waals surface area contributed by atoms with Gasteiger partial charge in [-0.2, -0.15) is 0 Å². The molecule has 0 spiro atoms. The highest BCUT2D eigenvalue weighted by atomic mass is 16.2. The Labute approximate surface area is 148 Å². The van der Waals surface area contributed by atoms with Gasteiger partial charge in [0.1, 0.15) is 5.82 Å². The predicted molar refractivity (Wildman–Crippen MR) is 101 cm³/mol. The number of benzene rings is 1. The molecule has 7 nitrogen and oxygen atoms in total. The number of H-pyrrole nitrogens is 1. The van der Waals surface area contributed by atoms with Crippen LogP contribution in [-0.4, -0.2) is 21.8 Å². The average Bonchev–Trinajstić information content (AvgIpc) is 2.58. The number of fused-ring (bicyclic) bond motifs is 1. The molecule has 0 atom stereocenters. The predicted octanol–water partition coefficient (Wildman–Crippen LogP) is 2.68. The second kappa shape index (κ2) is 11.8. The number of aryl methyl sites for hydroxylation is 1. The number of hydrogen-bond acceptors (Lipinski definition) is 5. The van der Waals surface area contributed by atoms with E-state index in [2.05, 4.69) is 15.3 Å². The molecule has 1 aromatic heterocycles. The van der Waals surface area contributed by atoms with Gasteiger partial charge in [0.15, 0.2) is 0 Å². The van der Waals surface area contributed by atoms with Crippen LogP contribution in [0.2, 0.25) is 0 Å². The maximum atomic E-state index is 11.4. The van der Waals surface area contributed by atoms with Gasteiger partial charge < -0.3 is 10.7 Å². The Kier molecular flexibility index (Phi) is 10.5. The van der Waals surface area contributed by atoms with Gasteiger partial charge in [0.25, 0.3) is 5.56 Å². The molecule has 4 N–H and O–H groups in total. The number of rotatable bonds is 0. The van der Waals surface area contributed by atoms with Crippen molar-refractivity contribution in [3.05, 3.63) is 34.4 Å². The molecule has 2 amide bonds. The molecule has 1 aliphatic heterocycles. The minimum atomic E-state index is -0.180. The molecule has 3 rings (SSSR count). The zero-order valence-electron chi connectivity index (χ0n) is 15.6. The van der Waals surface area contributed by atoms with Crippen LogP contribution in [0.15, 0.2) is 23.0 Å². The third kappa shape index (κ3) is 7.15. The van der Waals surface area contributed by atoms with Crippen molar-refractivity contribution in [1.29, 1.82) is 0 Å². The van der Waals surface area contributed by atoms with E-state index in [-0.39, 0.29) is 17.4 Å². The first-order valence-corrected chi connectivity index (χ1v) is 8.55. The summed E-state index contributed by atoms with van der Waals surface area (Å²) in [4.78, 5) is 38.9. The fourth-order valence-corrected chi connectivity index (χ4v) is 2.02. The van der Waals surface area contributed by atoms with E-state index in [4.69, 9.17) is 5.73 Å². The number of imide groups is 1. The lowest BCUT2D eigenvalue weighted by atomic mass is 10.1. The number of carbonyl (C=O) groups is 2. The molecule has 0 aliphatic carbocycles. The molecular formula is C18H28N4O3. The molecule has 0 saturated carbocycles. The maximum absolute atomic E-state index is 11.4. The number of nitrogens with two attached hydrogens (primary N) is 1. The molecule has 0 radical (unpaired) electrons. The number of piperidine rings is 1. The number of nitrogen functional groups attached to an aromatic ring is 1. The molecule has 25 heavy (non-hydrogen) atoms. The van der Waals surface area contributed by atoms with Gasteiger partial charge in [-0.25, -0.2) is 4.98 Å². The van der Waals surface area contributed by atoms with Crippen LogP contribution in [0.3, 0.4) is 0 Å². The molecule has 1 saturated heterocycles. The fraction of sp³-hybridized carbons (Fsp3) is 0.444.